The van der Waals surface area contributed by atoms with Gasteiger partial charge in [0, 0.05) is 45.8 Å². The van der Waals surface area contributed by atoms with Gasteiger partial charge in [-0.15, -0.1) is 37.2 Å². The highest BCUT2D eigenvalue weighted by atomic mass is 35.5. The molecule has 1 unspecified atom stereocenters. The molecular weight excluding hydrogens is 641 g/mol. The fourth-order valence-electron chi connectivity index (χ4n) is 5.65. The standard InChI is InChI=1S/C29H36F6N4O.3ClH/c1-36-11-9-25(10-12-36)38-14-16-39(17-15-38)26(22-6-4-3-5-7-22)27(40)37(2)13-8-21-18-23(28(30,31)32)20-24(19-21)29(33,34)35;;;/h3-7,18-20,25-26H,8-17H2,1-2H3;3*1H. The van der Waals surface area contributed by atoms with E-state index in [9.17, 15) is 31.1 Å². The van der Waals surface area contributed by atoms with Gasteiger partial charge in [0.15, 0.2) is 0 Å². The number of piperazine rings is 1. The van der Waals surface area contributed by atoms with Crippen LogP contribution in [0.2, 0.25) is 0 Å². The van der Waals surface area contributed by atoms with E-state index < -0.39 is 29.5 Å². The van der Waals surface area contributed by atoms with Crippen LogP contribution >= 0.6 is 37.2 Å². The zero-order valence-electron chi connectivity index (χ0n) is 24.0. The first-order chi connectivity index (χ1) is 18.8. The number of piperidine rings is 1. The number of rotatable bonds is 7. The maximum atomic E-state index is 13.7. The van der Waals surface area contributed by atoms with Crippen LogP contribution < -0.4 is 0 Å². The maximum Gasteiger partial charge on any atom is 0.416 e. The van der Waals surface area contributed by atoms with Gasteiger partial charge in [0.05, 0.1) is 11.1 Å². The van der Waals surface area contributed by atoms with Crippen molar-refractivity contribution in [3.63, 3.8) is 0 Å². The third-order valence-corrected chi connectivity index (χ3v) is 8.03. The van der Waals surface area contributed by atoms with Gasteiger partial charge in [-0.1, -0.05) is 30.3 Å². The summed E-state index contributed by atoms with van der Waals surface area (Å²) in [6, 6.07) is 10.8. The summed E-state index contributed by atoms with van der Waals surface area (Å²) in [7, 11) is 3.67. The molecule has 0 aromatic heterocycles. The van der Waals surface area contributed by atoms with Gasteiger partial charge >= 0.3 is 12.4 Å². The lowest BCUT2D eigenvalue weighted by Crippen LogP contribution is -2.55. The number of alkyl halides is 6. The summed E-state index contributed by atoms with van der Waals surface area (Å²) in [5, 5.41) is 0. The highest BCUT2D eigenvalue weighted by Crippen LogP contribution is 2.36. The normalized spacial score (nSPS) is 18.1. The van der Waals surface area contributed by atoms with E-state index in [2.05, 4.69) is 21.7 Å². The van der Waals surface area contributed by atoms with Crippen LogP contribution in [0.1, 0.15) is 41.1 Å². The van der Waals surface area contributed by atoms with Gasteiger partial charge in [0.2, 0.25) is 5.91 Å². The number of carbonyl (C=O) groups is 1. The van der Waals surface area contributed by atoms with Crippen LogP contribution in [0.3, 0.4) is 0 Å². The molecule has 2 fully saturated rings. The Kier molecular flexibility index (Phi) is 15.1. The molecule has 2 aromatic carbocycles. The topological polar surface area (TPSA) is 30.0 Å². The predicted molar refractivity (Wildman–Crippen MR) is 162 cm³/mol. The van der Waals surface area contributed by atoms with Crippen molar-refractivity contribution in [2.45, 2.75) is 43.7 Å². The van der Waals surface area contributed by atoms with E-state index in [1.165, 1.54) is 4.90 Å². The van der Waals surface area contributed by atoms with Crippen molar-refractivity contribution in [1.82, 2.24) is 19.6 Å². The zero-order valence-corrected chi connectivity index (χ0v) is 26.5. The van der Waals surface area contributed by atoms with Crippen LogP contribution in [0.15, 0.2) is 48.5 Å². The highest BCUT2D eigenvalue weighted by Gasteiger charge is 2.37. The van der Waals surface area contributed by atoms with E-state index in [1.54, 1.807) is 7.05 Å². The lowest BCUT2D eigenvalue weighted by atomic mass is 10.00. The molecule has 1 amide bonds. The Morgan fingerprint density at radius 2 is 1.35 bits per heavy atom. The number of nitrogens with zero attached hydrogens (tertiary/aromatic N) is 4. The van der Waals surface area contributed by atoms with Crippen molar-refractivity contribution >= 4 is 43.1 Å². The first-order valence-electron chi connectivity index (χ1n) is 13.6. The molecule has 0 bridgehead atoms. The van der Waals surface area contributed by atoms with Crippen LogP contribution in [0.25, 0.3) is 0 Å². The molecule has 0 aliphatic carbocycles. The molecule has 0 spiro atoms. The van der Waals surface area contributed by atoms with E-state index in [4.69, 9.17) is 0 Å². The molecule has 0 radical (unpaired) electrons. The third kappa shape index (κ3) is 10.4. The minimum absolute atomic E-state index is 0. The number of hydrogen-bond acceptors (Lipinski definition) is 4. The van der Waals surface area contributed by atoms with Gasteiger partial charge in [-0.05, 0) is 68.7 Å². The van der Waals surface area contributed by atoms with Crippen molar-refractivity contribution < 1.29 is 31.1 Å². The summed E-state index contributed by atoms with van der Waals surface area (Å²) >= 11 is 0. The average molecular weight is 680 g/mol. The Morgan fingerprint density at radius 1 is 0.837 bits per heavy atom. The largest absolute Gasteiger partial charge is 0.416 e. The van der Waals surface area contributed by atoms with E-state index in [0.717, 1.165) is 56.7 Å². The summed E-state index contributed by atoms with van der Waals surface area (Å²) in [5.74, 6) is -0.234. The monoisotopic (exact) mass is 678 g/mol. The van der Waals surface area contributed by atoms with Gasteiger partial charge in [-0.25, -0.2) is 0 Å². The predicted octanol–water partition coefficient (Wildman–Crippen LogP) is 6.44. The molecule has 2 aliphatic heterocycles. The van der Waals surface area contributed by atoms with Crippen molar-refractivity contribution in [3.8, 4) is 0 Å². The van der Waals surface area contributed by atoms with Crippen LogP contribution in [0, 0.1) is 0 Å². The van der Waals surface area contributed by atoms with Gasteiger partial charge in [-0.3, -0.25) is 14.6 Å². The number of likely N-dealkylation sites (N-methyl/N-ethyl adjacent to an activating group) is 1. The number of benzene rings is 2. The summed E-state index contributed by atoms with van der Waals surface area (Å²) in [4.78, 5) is 22.1. The molecule has 0 saturated carbocycles. The second-order valence-corrected chi connectivity index (χ2v) is 10.8. The Labute approximate surface area is 267 Å². The highest BCUT2D eigenvalue weighted by molar-refractivity contribution is 5.86. The smallest absolute Gasteiger partial charge is 0.344 e. The van der Waals surface area contributed by atoms with Crippen molar-refractivity contribution in [2.75, 3.05) is 59.9 Å². The zero-order chi connectivity index (χ0) is 29.1. The lowest BCUT2D eigenvalue weighted by Gasteiger charge is -2.44. The first-order valence-corrected chi connectivity index (χ1v) is 13.6. The number of hydrogen-bond donors (Lipinski definition) is 0. The molecule has 5 nitrogen and oxygen atoms in total. The molecule has 2 saturated heterocycles. The summed E-state index contributed by atoms with van der Waals surface area (Å²) in [6.07, 6.45) is -7.73. The van der Waals surface area contributed by atoms with Crippen LogP contribution in [0.4, 0.5) is 26.3 Å². The van der Waals surface area contributed by atoms with Crippen LogP contribution in [-0.2, 0) is 23.6 Å². The fourth-order valence-corrected chi connectivity index (χ4v) is 5.65. The van der Waals surface area contributed by atoms with Gasteiger partial charge in [0.25, 0.3) is 0 Å². The van der Waals surface area contributed by atoms with E-state index in [-0.39, 0.29) is 67.7 Å². The summed E-state index contributed by atoms with van der Waals surface area (Å²) < 4.78 is 79.7. The summed E-state index contributed by atoms with van der Waals surface area (Å²) in [5.41, 5.74) is -2.01. The van der Waals surface area contributed by atoms with Crippen molar-refractivity contribution in [2.24, 2.45) is 0 Å². The molecule has 2 heterocycles. The Balaban J connectivity index is 0.00000308. The fraction of sp³-hybridized carbons (Fsp3) is 0.552. The summed E-state index contributed by atoms with van der Waals surface area (Å²) in [6.45, 7) is 5.16. The van der Waals surface area contributed by atoms with Crippen molar-refractivity contribution in [3.05, 3.63) is 70.8 Å². The Hall–Kier alpha value is -1.76. The molecule has 14 heteroatoms. The molecule has 2 aliphatic rings. The minimum Gasteiger partial charge on any atom is -0.344 e. The maximum absolute atomic E-state index is 13.7. The molecule has 1 atom stereocenters. The average Bonchev–Trinajstić information content (AvgIpc) is 2.92. The Bertz CT molecular complexity index is 1110. The molecule has 4 rings (SSSR count). The van der Waals surface area contributed by atoms with Gasteiger partial charge < -0.3 is 9.80 Å². The second-order valence-electron chi connectivity index (χ2n) is 10.8. The van der Waals surface area contributed by atoms with Crippen molar-refractivity contribution in [1.29, 1.82) is 0 Å². The SMILES string of the molecule is CN1CCC(N2CCN(C(C(=O)N(C)CCc3cc(C(F)(F)F)cc(C(F)(F)F)c3)c3ccccc3)CC2)CC1.Cl.Cl.Cl. The molecule has 43 heavy (non-hydrogen) atoms. The van der Waals surface area contributed by atoms with E-state index >= 15 is 0 Å². The molecular formula is C29H39Cl3F6N4O. The number of halogens is 9. The molecule has 0 N–H and O–H groups in total. The molecule has 2 aromatic rings. The quantitative estimate of drug-likeness (QED) is 0.315. The van der Waals surface area contributed by atoms with Crippen LogP contribution in [-0.4, -0.2) is 91.5 Å². The second kappa shape index (κ2) is 16.5. The van der Waals surface area contributed by atoms with E-state index in [0.29, 0.717) is 19.1 Å². The minimum atomic E-state index is -4.91. The number of carbonyl (C=O) groups excluding carboxylic acids is 1. The number of likely N-dealkylation sites (tertiary alicyclic amines) is 1. The molecule has 244 valence electrons. The third-order valence-electron chi connectivity index (χ3n) is 8.03. The van der Waals surface area contributed by atoms with E-state index in [1.807, 2.05) is 30.3 Å². The van der Waals surface area contributed by atoms with Crippen LogP contribution in [0.5, 0.6) is 0 Å². The Morgan fingerprint density at radius 3 is 1.84 bits per heavy atom. The van der Waals surface area contributed by atoms with Gasteiger partial charge in [-0.2, -0.15) is 26.3 Å². The lowest BCUT2D eigenvalue weighted by molar-refractivity contribution is -0.143. The number of amides is 1. The van der Waals surface area contributed by atoms with Gasteiger partial charge in [0.1, 0.15) is 6.04 Å². The first kappa shape index (κ1) is 39.3.